The second-order valence-corrected chi connectivity index (χ2v) is 6.21. The van der Waals surface area contributed by atoms with Crippen LogP contribution in [0.3, 0.4) is 0 Å². The predicted molar refractivity (Wildman–Crippen MR) is 97.4 cm³/mol. The topological polar surface area (TPSA) is 36.9 Å². The molecule has 4 nitrogen and oxygen atoms in total. The Labute approximate surface area is 141 Å². The minimum atomic E-state index is 0.151. The zero-order valence-electron chi connectivity index (χ0n) is 13.8. The van der Waals surface area contributed by atoms with Crippen LogP contribution in [0.15, 0.2) is 73.2 Å². The van der Waals surface area contributed by atoms with E-state index in [0.29, 0.717) is 0 Å². The Bertz CT molecular complexity index is 950. The molecule has 1 atom stereocenters. The molecule has 24 heavy (non-hydrogen) atoms. The number of nitrogens with zero attached hydrogens (tertiary/aromatic N) is 3. The molecule has 4 rings (SSSR count). The number of hydrogen-bond acceptors (Lipinski definition) is 2. The Hall–Kier alpha value is -2.85. The van der Waals surface area contributed by atoms with Gasteiger partial charge in [-0.1, -0.05) is 36.4 Å². The fraction of sp³-hybridized carbons (Fsp3) is 0.150. The lowest BCUT2D eigenvalue weighted by molar-refractivity contribution is 0.344. The molecule has 0 spiro atoms. The minimum Gasteiger partial charge on any atom is -0.361 e. The first-order valence-electron chi connectivity index (χ1n) is 8.06. The van der Waals surface area contributed by atoms with Crippen LogP contribution in [0.5, 0.6) is 0 Å². The van der Waals surface area contributed by atoms with E-state index in [2.05, 4.69) is 77.9 Å². The van der Waals surface area contributed by atoms with Crippen molar-refractivity contribution in [3.8, 4) is 5.69 Å². The summed E-state index contributed by atoms with van der Waals surface area (Å²) in [5.74, 6) is 0. The average molecular weight is 316 g/mol. The van der Waals surface area contributed by atoms with Crippen LogP contribution < -0.4 is 0 Å². The van der Waals surface area contributed by atoms with Crippen molar-refractivity contribution >= 4 is 10.9 Å². The van der Waals surface area contributed by atoms with E-state index >= 15 is 0 Å². The smallest absolute Gasteiger partial charge is 0.0649 e. The van der Waals surface area contributed by atoms with E-state index in [0.717, 1.165) is 11.2 Å². The van der Waals surface area contributed by atoms with Gasteiger partial charge in [0.05, 0.1) is 17.9 Å². The molecule has 0 saturated heterocycles. The molecule has 2 aromatic heterocycles. The number of para-hydroxylation sites is 2. The normalized spacial score (nSPS) is 12.8. The van der Waals surface area contributed by atoms with Crippen molar-refractivity contribution in [3.05, 3.63) is 84.3 Å². The van der Waals surface area contributed by atoms with Gasteiger partial charge in [-0.05, 0) is 37.9 Å². The number of H-pyrrole nitrogens is 1. The van der Waals surface area contributed by atoms with Crippen LogP contribution in [0, 0.1) is 0 Å². The van der Waals surface area contributed by atoms with Gasteiger partial charge in [0.2, 0.25) is 0 Å². The summed E-state index contributed by atoms with van der Waals surface area (Å²) in [7, 11) is 4.21. The van der Waals surface area contributed by atoms with Gasteiger partial charge in [0.15, 0.2) is 0 Å². The quantitative estimate of drug-likeness (QED) is 0.618. The van der Waals surface area contributed by atoms with Crippen LogP contribution >= 0.6 is 0 Å². The van der Waals surface area contributed by atoms with Gasteiger partial charge in [0.1, 0.15) is 0 Å². The molecule has 2 aromatic carbocycles. The maximum absolute atomic E-state index is 4.56. The van der Waals surface area contributed by atoms with Gasteiger partial charge in [-0.3, -0.25) is 4.90 Å². The van der Waals surface area contributed by atoms with Crippen molar-refractivity contribution in [1.82, 2.24) is 19.7 Å². The number of hydrogen-bond donors (Lipinski definition) is 1. The maximum Gasteiger partial charge on any atom is 0.0649 e. The first-order valence-corrected chi connectivity index (χ1v) is 8.06. The number of aromatic amines is 1. The lowest BCUT2D eigenvalue weighted by Gasteiger charge is -2.23. The van der Waals surface area contributed by atoms with Crippen molar-refractivity contribution in [1.29, 1.82) is 0 Å². The third-order valence-electron chi connectivity index (χ3n) is 4.37. The summed E-state index contributed by atoms with van der Waals surface area (Å²) in [5.41, 5.74) is 4.67. The van der Waals surface area contributed by atoms with Crippen LogP contribution in [0.25, 0.3) is 16.6 Å². The van der Waals surface area contributed by atoms with Crippen molar-refractivity contribution in [2.24, 2.45) is 0 Å². The molecule has 120 valence electrons. The van der Waals surface area contributed by atoms with E-state index in [4.69, 9.17) is 0 Å². The van der Waals surface area contributed by atoms with Crippen molar-refractivity contribution in [2.45, 2.75) is 6.04 Å². The summed E-state index contributed by atoms with van der Waals surface area (Å²) in [6.45, 7) is 0. The molecule has 2 heterocycles. The van der Waals surface area contributed by atoms with Crippen LogP contribution in [0.1, 0.15) is 17.2 Å². The van der Waals surface area contributed by atoms with Crippen LogP contribution in [-0.4, -0.2) is 33.8 Å². The van der Waals surface area contributed by atoms with Crippen LogP contribution in [0.4, 0.5) is 0 Å². The monoisotopic (exact) mass is 316 g/mol. The van der Waals surface area contributed by atoms with E-state index in [1.54, 1.807) is 0 Å². The number of nitrogens with one attached hydrogen (secondary N) is 1. The molecule has 0 radical (unpaired) electrons. The lowest BCUT2D eigenvalue weighted by atomic mass is 10.00. The Kier molecular flexibility index (Phi) is 3.67. The predicted octanol–water partition coefficient (Wildman–Crippen LogP) is 4.00. The molecular formula is C20H20N4. The zero-order chi connectivity index (χ0) is 16.5. The number of aromatic nitrogens is 3. The van der Waals surface area contributed by atoms with Gasteiger partial charge in [-0.25, -0.2) is 4.68 Å². The molecule has 1 N–H and O–H groups in total. The molecule has 0 saturated carbocycles. The summed E-state index contributed by atoms with van der Waals surface area (Å²) in [6.07, 6.45) is 6.18. The molecule has 0 aliphatic carbocycles. The minimum absolute atomic E-state index is 0.151. The Balaban J connectivity index is 1.78. The molecular weight excluding hydrogens is 296 g/mol. The van der Waals surface area contributed by atoms with E-state index in [1.165, 1.54) is 16.5 Å². The van der Waals surface area contributed by atoms with Crippen molar-refractivity contribution < 1.29 is 0 Å². The van der Waals surface area contributed by atoms with E-state index < -0.39 is 0 Å². The van der Waals surface area contributed by atoms with Crippen LogP contribution in [0.2, 0.25) is 0 Å². The third-order valence-corrected chi connectivity index (χ3v) is 4.37. The highest BCUT2D eigenvalue weighted by atomic mass is 15.3. The van der Waals surface area contributed by atoms with Crippen molar-refractivity contribution in [2.75, 3.05) is 14.1 Å². The molecule has 0 aliphatic rings. The summed E-state index contributed by atoms with van der Waals surface area (Å²) >= 11 is 0. The van der Waals surface area contributed by atoms with Crippen LogP contribution in [-0.2, 0) is 0 Å². The van der Waals surface area contributed by atoms with E-state index in [9.17, 15) is 0 Å². The largest absolute Gasteiger partial charge is 0.361 e. The van der Waals surface area contributed by atoms with Gasteiger partial charge in [0, 0.05) is 28.9 Å². The summed E-state index contributed by atoms with van der Waals surface area (Å²) in [6, 6.07) is 18.8. The molecule has 0 aliphatic heterocycles. The lowest BCUT2D eigenvalue weighted by Crippen LogP contribution is -2.20. The molecule has 0 bridgehead atoms. The molecule has 4 aromatic rings. The van der Waals surface area contributed by atoms with Gasteiger partial charge in [-0.2, -0.15) is 5.10 Å². The standard InChI is InChI=1S/C20H20N4/c1-23(2)20(18-13-21-19-11-7-6-10-17(18)19)15-12-22-24(14-15)16-8-4-3-5-9-16/h3-14,20-21H,1-2H3. The highest BCUT2D eigenvalue weighted by Gasteiger charge is 2.21. The number of benzene rings is 2. The SMILES string of the molecule is CN(C)C(c1cnn(-c2ccccc2)c1)c1c[nH]c2ccccc12. The highest BCUT2D eigenvalue weighted by Crippen LogP contribution is 2.32. The van der Waals surface area contributed by atoms with Gasteiger partial charge < -0.3 is 4.98 Å². The maximum atomic E-state index is 4.56. The summed E-state index contributed by atoms with van der Waals surface area (Å²) in [4.78, 5) is 5.60. The molecule has 0 amide bonds. The third kappa shape index (κ3) is 2.51. The second-order valence-electron chi connectivity index (χ2n) is 6.21. The molecule has 0 fully saturated rings. The fourth-order valence-corrected chi connectivity index (χ4v) is 3.28. The average Bonchev–Trinajstić information content (AvgIpc) is 3.24. The van der Waals surface area contributed by atoms with E-state index in [1.807, 2.05) is 29.1 Å². The van der Waals surface area contributed by atoms with Gasteiger partial charge in [-0.15, -0.1) is 0 Å². The molecule has 4 heteroatoms. The Morgan fingerprint density at radius 3 is 2.54 bits per heavy atom. The fourth-order valence-electron chi connectivity index (χ4n) is 3.28. The summed E-state index contributed by atoms with van der Waals surface area (Å²) < 4.78 is 1.93. The first kappa shape index (κ1) is 14.7. The number of rotatable bonds is 4. The summed E-state index contributed by atoms with van der Waals surface area (Å²) in [5, 5.41) is 5.81. The zero-order valence-corrected chi connectivity index (χ0v) is 13.8. The first-order chi connectivity index (χ1) is 11.7. The second kappa shape index (κ2) is 5.98. The van der Waals surface area contributed by atoms with E-state index in [-0.39, 0.29) is 6.04 Å². The van der Waals surface area contributed by atoms with Gasteiger partial charge >= 0.3 is 0 Å². The van der Waals surface area contributed by atoms with Gasteiger partial charge in [0.25, 0.3) is 0 Å². The number of fused-ring (bicyclic) bond motifs is 1. The highest BCUT2D eigenvalue weighted by molar-refractivity contribution is 5.84. The van der Waals surface area contributed by atoms with Crippen molar-refractivity contribution in [3.63, 3.8) is 0 Å². The Morgan fingerprint density at radius 2 is 1.75 bits per heavy atom. The molecule has 1 unspecified atom stereocenters. The Morgan fingerprint density at radius 1 is 1.00 bits per heavy atom.